The molecule has 0 aliphatic rings. The van der Waals surface area contributed by atoms with Crippen molar-refractivity contribution in [2.75, 3.05) is 5.75 Å². The number of nitrogens with zero attached hydrogens (tertiary/aromatic N) is 1. The van der Waals surface area contributed by atoms with E-state index in [-0.39, 0.29) is 18.3 Å². The number of aryl methyl sites for hydroxylation is 1. The average Bonchev–Trinajstić information content (AvgIpc) is 3.07. The van der Waals surface area contributed by atoms with Crippen LogP contribution in [0.25, 0.3) is 21.2 Å². The summed E-state index contributed by atoms with van der Waals surface area (Å²) in [5.41, 5.74) is 2.60. The van der Waals surface area contributed by atoms with Gasteiger partial charge in [0.2, 0.25) is 0 Å². The molecule has 2 aromatic heterocycles. The van der Waals surface area contributed by atoms with Gasteiger partial charge >= 0.3 is 11.6 Å². The predicted molar refractivity (Wildman–Crippen MR) is 107 cm³/mol. The van der Waals surface area contributed by atoms with E-state index in [0.717, 1.165) is 25.5 Å². The lowest BCUT2D eigenvalue weighted by Gasteiger charge is -2.07. The van der Waals surface area contributed by atoms with Gasteiger partial charge in [0.1, 0.15) is 12.2 Å². The van der Waals surface area contributed by atoms with Crippen molar-refractivity contribution in [3.63, 3.8) is 0 Å². The summed E-state index contributed by atoms with van der Waals surface area (Å²) in [5.74, 6) is -0.189. The molecule has 0 spiro atoms. The highest BCUT2D eigenvalue weighted by molar-refractivity contribution is 8.01. The molecule has 5 nitrogen and oxygen atoms in total. The number of fused-ring (bicyclic) bond motifs is 2. The number of ether oxygens (including phenoxy) is 1. The minimum absolute atomic E-state index is 0.0321. The Morgan fingerprint density at radius 2 is 2.07 bits per heavy atom. The van der Waals surface area contributed by atoms with Gasteiger partial charge in [-0.15, -0.1) is 11.3 Å². The Hall–Kier alpha value is -2.64. The summed E-state index contributed by atoms with van der Waals surface area (Å²) in [4.78, 5) is 28.3. The molecule has 0 atom stereocenters. The fourth-order valence-corrected chi connectivity index (χ4v) is 4.56. The summed E-state index contributed by atoms with van der Waals surface area (Å²) in [6.07, 6.45) is 0. The van der Waals surface area contributed by atoms with E-state index < -0.39 is 5.63 Å². The highest BCUT2D eigenvalue weighted by Crippen LogP contribution is 2.29. The van der Waals surface area contributed by atoms with Crippen LogP contribution in [0.1, 0.15) is 11.1 Å². The van der Waals surface area contributed by atoms with Crippen molar-refractivity contribution >= 4 is 50.3 Å². The molecule has 4 aromatic rings. The lowest BCUT2D eigenvalue weighted by Crippen LogP contribution is -2.09. The molecular weight excluding hydrogens is 382 g/mol. The quantitative estimate of drug-likeness (QED) is 0.280. The molecule has 2 heterocycles. The zero-order valence-electron chi connectivity index (χ0n) is 14.4. The standard InChI is InChI=1S/C20H15NO4S2/c1-12-6-7-14-13(9-18(22)25-16(14)8-12)10-24-19(23)11-26-20-21-15-4-2-3-5-17(15)27-20/h2-9H,10-11H2,1H3. The molecule has 0 aliphatic heterocycles. The zero-order chi connectivity index (χ0) is 18.8. The van der Waals surface area contributed by atoms with Crippen LogP contribution in [0.3, 0.4) is 0 Å². The molecule has 27 heavy (non-hydrogen) atoms. The van der Waals surface area contributed by atoms with Crippen LogP contribution in [0.4, 0.5) is 0 Å². The Morgan fingerprint density at radius 3 is 2.93 bits per heavy atom. The minimum Gasteiger partial charge on any atom is -0.460 e. The number of benzene rings is 2. The van der Waals surface area contributed by atoms with Gasteiger partial charge < -0.3 is 9.15 Å². The number of carbonyl (C=O) groups is 1. The van der Waals surface area contributed by atoms with E-state index in [1.807, 2.05) is 43.3 Å². The van der Waals surface area contributed by atoms with Gasteiger partial charge in [0.15, 0.2) is 4.34 Å². The SMILES string of the molecule is Cc1ccc2c(COC(=O)CSc3nc4ccccc4s3)cc(=O)oc2c1. The van der Waals surface area contributed by atoms with E-state index in [9.17, 15) is 9.59 Å². The summed E-state index contributed by atoms with van der Waals surface area (Å²) >= 11 is 2.90. The summed E-state index contributed by atoms with van der Waals surface area (Å²) in [6, 6.07) is 14.8. The molecule has 0 amide bonds. The molecule has 0 saturated carbocycles. The van der Waals surface area contributed by atoms with E-state index in [4.69, 9.17) is 9.15 Å². The third-order valence-corrected chi connectivity index (χ3v) is 6.11. The van der Waals surface area contributed by atoms with Crippen LogP contribution in [-0.2, 0) is 16.1 Å². The number of rotatable bonds is 5. The maximum atomic E-state index is 12.1. The van der Waals surface area contributed by atoms with Crippen molar-refractivity contribution in [1.29, 1.82) is 0 Å². The highest BCUT2D eigenvalue weighted by Gasteiger charge is 2.11. The van der Waals surface area contributed by atoms with Crippen LogP contribution < -0.4 is 5.63 Å². The molecule has 0 aliphatic carbocycles. The molecule has 0 unspecified atom stereocenters. The lowest BCUT2D eigenvalue weighted by atomic mass is 10.1. The molecule has 7 heteroatoms. The van der Waals surface area contributed by atoms with Gasteiger partial charge in [0.25, 0.3) is 0 Å². The van der Waals surface area contributed by atoms with Gasteiger partial charge in [0.05, 0.1) is 16.0 Å². The van der Waals surface area contributed by atoms with E-state index in [0.29, 0.717) is 11.1 Å². The Bertz CT molecular complexity index is 1160. The Labute approximate surface area is 163 Å². The van der Waals surface area contributed by atoms with Gasteiger partial charge in [-0.1, -0.05) is 36.0 Å². The largest absolute Gasteiger partial charge is 0.460 e. The van der Waals surface area contributed by atoms with Crippen molar-refractivity contribution in [2.24, 2.45) is 0 Å². The fourth-order valence-electron chi connectivity index (χ4n) is 2.69. The van der Waals surface area contributed by atoms with Crippen molar-refractivity contribution in [2.45, 2.75) is 17.9 Å². The Kier molecular flexibility index (Phi) is 4.96. The summed E-state index contributed by atoms with van der Waals surface area (Å²) < 4.78 is 12.5. The first kappa shape index (κ1) is 17.8. The predicted octanol–water partition coefficient (Wildman–Crippen LogP) is 4.55. The highest BCUT2D eigenvalue weighted by atomic mass is 32.2. The topological polar surface area (TPSA) is 69.4 Å². The molecule has 4 rings (SSSR count). The van der Waals surface area contributed by atoms with Crippen LogP contribution in [0.5, 0.6) is 0 Å². The van der Waals surface area contributed by atoms with Crippen molar-refractivity contribution < 1.29 is 13.9 Å². The molecule has 136 valence electrons. The molecule has 2 aromatic carbocycles. The third kappa shape index (κ3) is 4.04. The van der Waals surface area contributed by atoms with E-state index >= 15 is 0 Å². The molecular formula is C20H15NO4S2. The normalized spacial score (nSPS) is 11.1. The molecule has 0 saturated heterocycles. The second-order valence-corrected chi connectivity index (χ2v) is 8.24. The summed E-state index contributed by atoms with van der Waals surface area (Å²) in [5, 5.41) is 0.770. The number of thiazole rings is 1. The molecule has 0 bridgehead atoms. The first-order valence-electron chi connectivity index (χ1n) is 8.26. The molecule has 0 fully saturated rings. The van der Waals surface area contributed by atoms with E-state index in [1.54, 1.807) is 17.4 Å². The fraction of sp³-hybridized carbons (Fsp3) is 0.150. The van der Waals surface area contributed by atoms with Crippen molar-refractivity contribution in [1.82, 2.24) is 4.98 Å². The Morgan fingerprint density at radius 1 is 1.22 bits per heavy atom. The maximum absolute atomic E-state index is 12.1. The number of para-hydroxylation sites is 1. The molecule has 0 N–H and O–H groups in total. The zero-order valence-corrected chi connectivity index (χ0v) is 16.1. The third-order valence-electron chi connectivity index (χ3n) is 3.96. The summed E-state index contributed by atoms with van der Waals surface area (Å²) in [6.45, 7) is 1.95. The second kappa shape index (κ2) is 7.54. The van der Waals surface area contributed by atoms with E-state index in [2.05, 4.69) is 4.98 Å². The number of carbonyl (C=O) groups excluding carboxylic acids is 1. The van der Waals surface area contributed by atoms with Gasteiger partial charge in [-0.3, -0.25) is 4.79 Å². The lowest BCUT2D eigenvalue weighted by molar-refractivity contribution is -0.141. The monoisotopic (exact) mass is 397 g/mol. The minimum atomic E-state index is -0.456. The average molecular weight is 397 g/mol. The Balaban J connectivity index is 1.42. The second-order valence-electron chi connectivity index (χ2n) is 5.99. The van der Waals surface area contributed by atoms with Gasteiger partial charge in [-0.2, -0.15) is 0 Å². The van der Waals surface area contributed by atoms with Crippen LogP contribution in [0, 0.1) is 6.92 Å². The van der Waals surface area contributed by atoms with Gasteiger partial charge in [-0.25, -0.2) is 9.78 Å². The maximum Gasteiger partial charge on any atom is 0.336 e. The van der Waals surface area contributed by atoms with Crippen LogP contribution in [0.2, 0.25) is 0 Å². The van der Waals surface area contributed by atoms with Gasteiger partial charge in [-0.05, 0) is 30.7 Å². The smallest absolute Gasteiger partial charge is 0.336 e. The first-order chi connectivity index (χ1) is 13.1. The van der Waals surface area contributed by atoms with Crippen molar-refractivity contribution in [3.05, 3.63) is 70.1 Å². The molecule has 0 radical (unpaired) electrons. The van der Waals surface area contributed by atoms with Crippen molar-refractivity contribution in [3.8, 4) is 0 Å². The summed E-state index contributed by atoms with van der Waals surface area (Å²) in [7, 11) is 0. The first-order valence-corrected chi connectivity index (χ1v) is 10.1. The number of esters is 1. The van der Waals surface area contributed by atoms with Gasteiger partial charge in [0, 0.05) is 17.0 Å². The van der Waals surface area contributed by atoms with E-state index in [1.165, 1.54) is 17.8 Å². The number of thioether (sulfide) groups is 1. The number of hydrogen-bond acceptors (Lipinski definition) is 7. The number of hydrogen-bond donors (Lipinski definition) is 0. The van der Waals surface area contributed by atoms with Crippen LogP contribution in [-0.4, -0.2) is 16.7 Å². The number of aromatic nitrogens is 1. The van der Waals surface area contributed by atoms with Crippen LogP contribution in [0.15, 0.2) is 62.1 Å². The van der Waals surface area contributed by atoms with Crippen LogP contribution >= 0.6 is 23.1 Å².